The van der Waals surface area contributed by atoms with E-state index in [1.165, 1.54) is 69.9 Å². The topological polar surface area (TPSA) is 259 Å². The normalized spacial score (nSPS) is 19.6. The molecular formula is C36H54N4O14S. The average molecular weight is 799 g/mol. The Morgan fingerprint density at radius 3 is 1.75 bits per heavy atom. The van der Waals surface area contributed by atoms with Crippen molar-refractivity contribution < 1.29 is 65.7 Å². The molecule has 1 heterocycles. The summed E-state index contributed by atoms with van der Waals surface area (Å²) < 4.78 is 53.0. The minimum atomic E-state index is -2.90. The molecule has 55 heavy (non-hydrogen) atoms. The van der Waals surface area contributed by atoms with Crippen molar-refractivity contribution in [3.05, 3.63) is 34.2 Å². The fraction of sp³-hybridized carbons (Fsp3) is 0.694. The summed E-state index contributed by atoms with van der Waals surface area (Å²) in [7, 11) is 0. The molecule has 1 amide bonds. The summed E-state index contributed by atoms with van der Waals surface area (Å²) in [5.74, 6) is -5.69. The van der Waals surface area contributed by atoms with Gasteiger partial charge in [-0.1, -0.05) is 88.6 Å². The van der Waals surface area contributed by atoms with Crippen LogP contribution in [-0.2, 0) is 49.5 Å². The van der Waals surface area contributed by atoms with Gasteiger partial charge in [-0.05, 0) is 36.6 Å². The molecule has 18 nitrogen and oxygen atoms in total. The Kier molecular flexibility index (Phi) is 22.4. The van der Waals surface area contributed by atoms with Crippen LogP contribution in [0, 0.1) is 0 Å². The van der Waals surface area contributed by atoms with Gasteiger partial charge in [0.1, 0.15) is 0 Å². The maximum absolute atomic E-state index is 12.9. The number of amides is 1. The standard InChI is InChI=1S/C36H54N4O14S/c1-24(41)49-30-31(50-25(2)42)33(51-26(3)43)36(53-32(30)35(45)46)52-28-20-19-27(23-29(28)54-55(47)48)34(44)38-21-17-15-13-11-9-7-5-4-6-8-10-12-14-16-18-22-39-40-37/h19-20,23,30-33,36H,4-18,21-22H2,1-3H3,(H,38,44)(H,45,46)(H,47,48)/t30-,31+,32+,33+,36?/m1/s1. The van der Waals surface area contributed by atoms with Crippen LogP contribution in [0.15, 0.2) is 23.3 Å². The number of azide groups is 1. The number of carboxylic acid groups (broad SMARTS) is 1. The van der Waals surface area contributed by atoms with Gasteiger partial charge in [0.05, 0.1) is 0 Å². The summed E-state index contributed by atoms with van der Waals surface area (Å²) in [6.45, 7) is 3.98. The molecule has 1 aromatic carbocycles. The molecule has 6 atom stereocenters. The monoisotopic (exact) mass is 798 g/mol. The number of nitrogens with zero attached hydrogens (tertiary/aromatic N) is 3. The molecule has 19 heteroatoms. The number of unbranched alkanes of at least 4 members (excludes halogenated alkanes) is 14. The molecule has 0 saturated carbocycles. The number of carboxylic acids is 1. The second-order valence-corrected chi connectivity index (χ2v) is 13.7. The van der Waals surface area contributed by atoms with E-state index in [9.17, 15) is 37.8 Å². The van der Waals surface area contributed by atoms with Gasteiger partial charge in [0.2, 0.25) is 12.4 Å². The van der Waals surface area contributed by atoms with Crippen LogP contribution in [0.2, 0.25) is 0 Å². The summed E-state index contributed by atoms with van der Waals surface area (Å²) in [6, 6.07) is 3.63. The Hall–Kier alpha value is -4.45. The minimum Gasteiger partial charge on any atom is -0.479 e. The molecule has 0 spiro atoms. The van der Waals surface area contributed by atoms with Gasteiger partial charge < -0.3 is 38.3 Å². The van der Waals surface area contributed by atoms with Gasteiger partial charge >= 0.3 is 35.2 Å². The van der Waals surface area contributed by atoms with Crippen molar-refractivity contribution in [1.82, 2.24) is 5.32 Å². The molecule has 2 unspecified atom stereocenters. The molecular weight excluding hydrogens is 744 g/mol. The number of hydrogen-bond donors (Lipinski definition) is 3. The minimum absolute atomic E-state index is 0.0484. The van der Waals surface area contributed by atoms with Crippen molar-refractivity contribution in [2.45, 2.75) is 148 Å². The van der Waals surface area contributed by atoms with E-state index in [1.54, 1.807) is 0 Å². The lowest BCUT2D eigenvalue weighted by Crippen LogP contribution is -2.64. The van der Waals surface area contributed by atoms with E-state index in [2.05, 4.69) is 15.3 Å². The Morgan fingerprint density at radius 1 is 0.764 bits per heavy atom. The molecule has 3 N–H and O–H groups in total. The number of carbonyl (C=O) groups excluding carboxylic acids is 4. The van der Waals surface area contributed by atoms with Gasteiger partial charge in [-0.15, -0.1) is 0 Å². The van der Waals surface area contributed by atoms with Gasteiger partial charge in [0.25, 0.3) is 5.91 Å². The van der Waals surface area contributed by atoms with E-state index in [4.69, 9.17) is 33.4 Å². The van der Waals surface area contributed by atoms with Crippen LogP contribution in [0.4, 0.5) is 0 Å². The number of carbonyl (C=O) groups is 5. The molecule has 0 aliphatic carbocycles. The molecule has 1 aliphatic rings. The van der Waals surface area contributed by atoms with E-state index < -0.39 is 77.6 Å². The van der Waals surface area contributed by atoms with Gasteiger partial charge in [0, 0.05) is 44.3 Å². The van der Waals surface area contributed by atoms with Crippen molar-refractivity contribution in [2.75, 3.05) is 13.1 Å². The van der Waals surface area contributed by atoms with Crippen molar-refractivity contribution in [3.8, 4) is 11.5 Å². The summed E-state index contributed by atoms with van der Waals surface area (Å²) in [5, 5.41) is 16.2. The number of esters is 3. The predicted molar refractivity (Wildman–Crippen MR) is 197 cm³/mol. The highest BCUT2D eigenvalue weighted by atomic mass is 32.2. The van der Waals surface area contributed by atoms with E-state index in [0.717, 1.165) is 65.4 Å². The zero-order chi connectivity index (χ0) is 40.6. The van der Waals surface area contributed by atoms with Crippen LogP contribution in [0.25, 0.3) is 10.4 Å². The molecule has 1 fully saturated rings. The lowest BCUT2D eigenvalue weighted by Gasteiger charge is -2.42. The third-order valence-electron chi connectivity index (χ3n) is 8.54. The maximum atomic E-state index is 12.9. The number of benzene rings is 1. The van der Waals surface area contributed by atoms with Crippen LogP contribution < -0.4 is 14.2 Å². The first-order valence-corrected chi connectivity index (χ1v) is 19.7. The van der Waals surface area contributed by atoms with E-state index in [-0.39, 0.29) is 11.3 Å². The lowest BCUT2D eigenvalue weighted by molar-refractivity contribution is -0.282. The maximum Gasteiger partial charge on any atom is 0.357 e. The van der Waals surface area contributed by atoms with Crippen molar-refractivity contribution in [3.63, 3.8) is 0 Å². The Balaban J connectivity index is 1.89. The third kappa shape index (κ3) is 18.6. The van der Waals surface area contributed by atoms with Gasteiger partial charge in [-0.2, -0.15) is 4.21 Å². The SMILES string of the molecule is CC(=O)O[C@@H]1[C@H](OC(C)=O)[C@H](OC(C)=O)C(Oc2ccc(C(=O)NCCCCCCCCCCCCCCCCCN=[N+]=[N-])cc2OS(=O)O)O[C@@H]1C(=O)O. The first-order chi connectivity index (χ1) is 26.3. The van der Waals surface area contributed by atoms with Crippen LogP contribution in [0.3, 0.4) is 0 Å². The van der Waals surface area contributed by atoms with Crippen LogP contribution >= 0.6 is 0 Å². The highest BCUT2D eigenvalue weighted by Gasteiger charge is 2.55. The molecule has 308 valence electrons. The van der Waals surface area contributed by atoms with E-state index >= 15 is 0 Å². The number of ether oxygens (including phenoxy) is 5. The molecule has 1 saturated heterocycles. The smallest absolute Gasteiger partial charge is 0.357 e. The van der Waals surface area contributed by atoms with Gasteiger partial charge in [0.15, 0.2) is 29.8 Å². The fourth-order valence-corrected chi connectivity index (χ4v) is 6.32. The number of aliphatic carboxylic acids is 1. The summed E-state index contributed by atoms with van der Waals surface area (Å²) in [4.78, 5) is 63.7. The zero-order valence-corrected chi connectivity index (χ0v) is 32.5. The second-order valence-electron chi connectivity index (χ2n) is 13.1. The highest BCUT2D eigenvalue weighted by molar-refractivity contribution is 7.74. The van der Waals surface area contributed by atoms with Crippen LogP contribution in [0.1, 0.15) is 127 Å². The van der Waals surface area contributed by atoms with E-state index in [0.29, 0.717) is 13.1 Å². The summed E-state index contributed by atoms with van der Waals surface area (Å²) in [6.07, 6.45) is 8.01. The number of hydrogen-bond acceptors (Lipinski definition) is 13. The zero-order valence-electron chi connectivity index (χ0n) is 31.7. The van der Waals surface area contributed by atoms with Crippen LogP contribution in [0.5, 0.6) is 11.5 Å². The molecule has 0 radical (unpaired) electrons. The Bertz CT molecular complexity index is 1470. The molecule has 1 aromatic rings. The largest absolute Gasteiger partial charge is 0.479 e. The van der Waals surface area contributed by atoms with Gasteiger partial charge in [-0.3, -0.25) is 23.7 Å². The molecule has 0 bridgehead atoms. The molecule has 0 aromatic heterocycles. The first kappa shape index (κ1) is 46.7. The summed E-state index contributed by atoms with van der Waals surface area (Å²) >= 11 is -2.90. The molecule has 1 aliphatic heterocycles. The second kappa shape index (κ2) is 26.4. The fourth-order valence-electron chi connectivity index (χ4n) is 6.04. The van der Waals surface area contributed by atoms with Crippen LogP contribution in [-0.4, -0.2) is 87.4 Å². The average Bonchev–Trinajstić information content (AvgIpc) is 3.11. The summed E-state index contributed by atoms with van der Waals surface area (Å²) in [5.41, 5.74) is 8.32. The number of rotatable bonds is 27. The lowest BCUT2D eigenvalue weighted by atomic mass is 9.97. The van der Waals surface area contributed by atoms with Crippen molar-refractivity contribution in [1.29, 1.82) is 0 Å². The van der Waals surface area contributed by atoms with Gasteiger partial charge in [-0.25, -0.2) is 4.79 Å². The number of nitrogens with one attached hydrogen (secondary N) is 1. The quantitative estimate of drug-likeness (QED) is 0.0173. The predicted octanol–water partition coefficient (Wildman–Crippen LogP) is 6.08. The highest BCUT2D eigenvalue weighted by Crippen LogP contribution is 2.35. The first-order valence-electron chi connectivity index (χ1n) is 18.6. The van der Waals surface area contributed by atoms with Crippen molar-refractivity contribution in [2.24, 2.45) is 5.11 Å². The van der Waals surface area contributed by atoms with Crippen molar-refractivity contribution >= 4 is 41.1 Å². The Labute approximate surface area is 323 Å². The van der Waals surface area contributed by atoms with E-state index in [1.807, 2.05) is 0 Å². The third-order valence-corrected chi connectivity index (χ3v) is 8.86. The Morgan fingerprint density at radius 2 is 1.25 bits per heavy atom. The molecule has 2 rings (SSSR count).